The lowest BCUT2D eigenvalue weighted by Gasteiger charge is -2.40. The van der Waals surface area contributed by atoms with Gasteiger partial charge in [-0.1, -0.05) is 60.8 Å². The number of ketones is 1. The van der Waals surface area contributed by atoms with E-state index in [9.17, 15) is 32.4 Å². The van der Waals surface area contributed by atoms with Gasteiger partial charge in [0, 0.05) is 32.2 Å². The third-order valence-electron chi connectivity index (χ3n) is 9.22. The van der Waals surface area contributed by atoms with Gasteiger partial charge in [0.05, 0.1) is 17.3 Å². The standard InChI is InChI=1S/C35H55N5O7S/c1-10-12-17-25(27(41)30(43)36-20-13-11-2)37-29(42)26-21-24(33(3,4)5)22-40(26)31(44)28(34(6,7)8)38-32(45)39-35(23-48(9,46)47)18-15-14-16-19-35/h1-2,24-26,28H,12-23H2,3-9H3,(H,36,43)(H,37,42)(H2,38,39,45)/t24?,25?,26?,28-/m1/s1. The molecule has 13 heteroatoms. The number of terminal acetylenes is 2. The lowest BCUT2D eigenvalue weighted by atomic mass is 9.79. The van der Waals surface area contributed by atoms with Crippen LogP contribution in [-0.4, -0.2) is 91.6 Å². The van der Waals surface area contributed by atoms with E-state index < -0.39 is 68.5 Å². The maximum Gasteiger partial charge on any atom is 0.315 e. The van der Waals surface area contributed by atoms with E-state index in [1.807, 2.05) is 20.8 Å². The van der Waals surface area contributed by atoms with Crippen LogP contribution in [0.4, 0.5) is 4.79 Å². The van der Waals surface area contributed by atoms with Gasteiger partial charge in [0.1, 0.15) is 21.9 Å². The van der Waals surface area contributed by atoms with Gasteiger partial charge < -0.3 is 26.2 Å². The Bertz CT molecular complexity index is 1390. The number of hydrogen-bond acceptors (Lipinski definition) is 7. The predicted octanol–water partition coefficient (Wildman–Crippen LogP) is 2.32. The van der Waals surface area contributed by atoms with Crippen molar-refractivity contribution >= 4 is 39.4 Å². The molecule has 2 rings (SSSR count). The van der Waals surface area contributed by atoms with Gasteiger partial charge in [-0.3, -0.25) is 19.2 Å². The van der Waals surface area contributed by atoms with Crippen molar-refractivity contribution in [2.24, 2.45) is 16.7 Å². The molecule has 0 spiro atoms. The highest BCUT2D eigenvalue weighted by molar-refractivity contribution is 7.90. The Morgan fingerprint density at radius 2 is 1.54 bits per heavy atom. The Morgan fingerprint density at radius 1 is 0.938 bits per heavy atom. The number of sulfone groups is 1. The molecule has 1 saturated carbocycles. The van der Waals surface area contributed by atoms with Gasteiger partial charge in [-0.2, -0.15) is 0 Å². The van der Waals surface area contributed by atoms with Crippen LogP contribution in [0.3, 0.4) is 0 Å². The van der Waals surface area contributed by atoms with Crippen LogP contribution in [-0.2, 0) is 29.0 Å². The fourth-order valence-electron chi connectivity index (χ4n) is 6.47. The predicted molar refractivity (Wildman–Crippen MR) is 185 cm³/mol. The number of carbonyl (C=O) groups is 5. The quantitative estimate of drug-likeness (QED) is 0.131. The molecule has 1 aliphatic carbocycles. The second-order valence-electron chi connectivity index (χ2n) is 15.5. The molecule has 268 valence electrons. The molecule has 0 aromatic carbocycles. The number of rotatable bonds is 13. The van der Waals surface area contributed by atoms with Crippen molar-refractivity contribution < 1.29 is 32.4 Å². The smallest absolute Gasteiger partial charge is 0.315 e. The number of likely N-dealkylation sites (tertiary alicyclic amines) is 1. The zero-order valence-corrected chi connectivity index (χ0v) is 30.5. The third-order valence-corrected chi connectivity index (χ3v) is 10.3. The Kier molecular flexibility index (Phi) is 14.1. The topological polar surface area (TPSA) is 171 Å². The molecule has 1 heterocycles. The summed E-state index contributed by atoms with van der Waals surface area (Å²) < 4.78 is 24.6. The molecule has 0 radical (unpaired) electrons. The highest BCUT2D eigenvalue weighted by atomic mass is 32.2. The van der Waals surface area contributed by atoms with E-state index in [2.05, 4.69) is 33.1 Å². The summed E-state index contributed by atoms with van der Waals surface area (Å²) in [6.07, 6.45) is 16.0. The van der Waals surface area contributed by atoms with Crippen LogP contribution >= 0.6 is 0 Å². The van der Waals surface area contributed by atoms with Crippen LogP contribution in [0.25, 0.3) is 0 Å². The molecule has 0 aromatic heterocycles. The normalized spacial score (nSPS) is 20.7. The summed E-state index contributed by atoms with van der Waals surface area (Å²) in [6, 6.07) is -3.94. The van der Waals surface area contributed by atoms with Crippen molar-refractivity contribution in [2.75, 3.05) is 25.1 Å². The minimum atomic E-state index is -3.41. The Labute approximate surface area is 287 Å². The summed E-state index contributed by atoms with van der Waals surface area (Å²) in [5.41, 5.74) is -2.03. The van der Waals surface area contributed by atoms with E-state index in [0.717, 1.165) is 25.5 Å². The van der Waals surface area contributed by atoms with E-state index >= 15 is 0 Å². The molecular weight excluding hydrogens is 634 g/mol. The first-order valence-electron chi connectivity index (χ1n) is 16.7. The molecule has 12 nitrogen and oxygen atoms in total. The number of urea groups is 1. The van der Waals surface area contributed by atoms with E-state index in [1.165, 1.54) is 4.90 Å². The van der Waals surface area contributed by atoms with Crippen LogP contribution in [0.1, 0.15) is 99.3 Å². The Morgan fingerprint density at radius 3 is 2.06 bits per heavy atom. The Hall–Kier alpha value is -3.58. The molecule has 3 unspecified atom stereocenters. The number of hydrogen-bond donors (Lipinski definition) is 4. The minimum Gasteiger partial charge on any atom is -0.348 e. The third kappa shape index (κ3) is 11.8. The second-order valence-corrected chi connectivity index (χ2v) is 17.6. The molecule has 48 heavy (non-hydrogen) atoms. The van der Waals surface area contributed by atoms with E-state index in [0.29, 0.717) is 19.3 Å². The molecule has 1 aliphatic heterocycles. The molecule has 0 aromatic rings. The summed E-state index contributed by atoms with van der Waals surface area (Å²) in [4.78, 5) is 68.9. The molecular formula is C35H55N5O7S. The molecule has 0 bridgehead atoms. The molecule has 4 N–H and O–H groups in total. The molecule has 4 atom stereocenters. The molecule has 1 saturated heterocycles. The fraction of sp³-hybridized carbons (Fsp3) is 0.743. The SMILES string of the molecule is C#CCCNC(=O)C(=O)C(CCC#C)NC(=O)C1CC(C(C)(C)C)CN1C(=O)[C@@H](NC(=O)NC1(CS(C)(=O)=O)CCCCC1)C(C)(C)C. The summed E-state index contributed by atoms with van der Waals surface area (Å²) in [6.45, 7) is 11.7. The number of amides is 5. The first kappa shape index (κ1) is 40.6. The monoisotopic (exact) mass is 689 g/mol. The van der Waals surface area contributed by atoms with Crippen molar-refractivity contribution in [3.63, 3.8) is 0 Å². The van der Waals surface area contributed by atoms with Gasteiger partial charge in [0.25, 0.3) is 5.91 Å². The number of carbonyl (C=O) groups excluding carboxylic acids is 5. The van der Waals surface area contributed by atoms with Crippen molar-refractivity contribution in [2.45, 2.75) is 123 Å². The van der Waals surface area contributed by atoms with Crippen LogP contribution in [0.5, 0.6) is 0 Å². The average Bonchev–Trinajstić information content (AvgIpc) is 3.43. The van der Waals surface area contributed by atoms with Crippen molar-refractivity contribution in [1.82, 2.24) is 26.2 Å². The van der Waals surface area contributed by atoms with Crippen molar-refractivity contribution in [3.8, 4) is 24.7 Å². The van der Waals surface area contributed by atoms with Gasteiger partial charge in [0.15, 0.2) is 0 Å². The van der Waals surface area contributed by atoms with Crippen LogP contribution in [0.2, 0.25) is 0 Å². The van der Waals surface area contributed by atoms with E-state index in [-0.39, 0.29) is 49.4 Å². The minimum absolute atomic E-state index is 0.0224. The molecule has 2 aliphatic rings. The zero-order chi connectivity index (χ0) is 36.5. The number of nitrogens with one attached hydrogen (secondary N) is 4. The lowest BCUT2D eigenvalue weighted by molar-refractivity contribution is -0.143. The largest absolute Gasteiger partial charge is 0.348 e. The van der Waals surface area contributed by atoms with Crippen LogP contribution < -0.4 is 21.3 Å². The maximum atomic E-state index is 14.4. The highest BCUT2D eigenvalue weighted by Gasteiger charge is 2.48. The van der Waals surface area contributed by atoms with Gasteiger partial charge >= 0.3 is 6.03 Å². The maximum absolute atomic E-state index is 14.4. The summed E-state index contributed by atoms with van der Waals surface area (Å²) in [5, 5.41) is 10.9. The van der Waals surface area contributed by atoms with Gasteiger partial charge in [-0.25, -0.2) is 13.2 Å². The summed E-state index contributed by atoms with van der Waals surface area (Å²) in [5.74, 6) is 1.66. The van der Waals surface area contributed by atoms with Crippen molar-refractivity contribution in [1.29, 1.82) is 0 Å². The van der Waals surface area contributed by atoms with E-state index in [1.54, 1.807) is 20.8 Å². The van der Waals surface area contributed by atoms with Crippen molar-refractivity contribution in [3.05, 3.63) is 0 Å². The first-order chi connectivity index (χ1) is 22.1. The lowest BCUT2D eigenvalue weighted by Crippen LogP contribution is -2.63. The molecule has 2 fully saturated rings. The van der Waals surface area contributed by atoms with Crippen LogP contribution in [0.15, 0.2) is 0 Å². The van der Waals surface area contributed by atoms with Crippen LogP contribution in [0, 0.1) is 41.4 Å². The van der Waals surface area contributed by atoms with Gasteiger partial charge in [-0.15, -0.1) is 24.7 Å². The highest BCUT2D eigenvalue weighted by Crippen LogP contribution is 2.38. The van der Waals surface area contributed by atoms with Gasteiger partial charge in [0.2, 0.25) is 17.6 Å². The van der Waals surface area contributed by atoms with Gasteiger partial charge in [-0.05, 0) is 42.4 Å². The zero-order valence-electron chi connectivity index (χ0n) is 29.7. The molecule has 5 amide bonds. The first-order valence-corrected chi connectivity index (χ1v) is 18.8. The second kappa shape index (κ2) is 16.7. The summed E-state index contributed by atoms with van der Waals surface area (Å²) >= 11 is 0. The van der Waals surface area contributed by atoms with E-state index in [4.69, 9.17) is 12.8 Å². The Balaban J connectivity index is 2.37. The number of nitrogens with zero attached hydrogens (tertiary/aromatic N) is 1. The fourth-order valence-corrected chi connectivity index (χ4v) is 7.84. The number of Topliss-reactive ketones (excluding diaryl/α,β-unsaturated/α-hetero) is 1. The average molecular weight is 690 g/mol. The summed E-state index contributed by atoms with van der Waals surface area (Å²) in [7, 11) is -3.41.